The number of nitrogens with one attached hydrogen (secondary N) is 1. The largest absolute Gasteiger partial charge is 0.334 e. The molecule has 0 spiro atoms. The van der Waals surface area contributed by atoms with Gasteiger partial charge in [-0.3, -0.25) is 14.8 Å². The fourth-order valence-corrected chi connectivity index (χ4v) is 4.83. The van der Waals surface area contributed by atoms with Crippen molar-refractivity contribution in [3.63, 3.8) is 0 Å². The SMILES string of the molecule is CC1(C)CN(C(=O)c2cn[nH]c2)C1C1CCN(Cc2ccccc2)CC1. The highest BCUT2D eigenvalue weighted by Crippen LogP contribution is 2.45. The van der Waals surface area contributed by atoms with Gasteiger partial charge in [-0.2, -0.15) is 5.10 Å². The van der Waals surface area contributed by atoms with Gasteiger partial charge in [0.15, 0.2) is 0 Å². The van der Waals surface area contributed by atoms with Crippen molar-refractivity contribution in [3.05, 3.63) is 53.9 Å². The number of likely N-dealkylation sites (tertiary alicyclic amines) is 2. The minimum atomic E-state index is 0.120. The molecule has 2 aromatic rings. The zero-order valence-corrected chi connectivity index (χ0v) is 15.7. The fraction of sp³-hybridized carbons (Fsp3) is 0.524. The Kier molecular flexibility index (Phi) is 4.57. The first-order valence-electron chi connectivity index (χ1n) is 9.60. The summed E-state index contributed by atoms with van der Waals surface area (Å²) in [5.74, 6) is 0.705. The van der Waals surface area contributed by atoms with Gasteiger partial charge in [-0.15, -0.1) is 0 Å². The smallest absolute Gasteiger partial charge is 0.257 e. The number of carbonyl (C=O) groups excluding carboxylic acids is 1. The van der Waals surface area contributed by atoms with Crippen molar-refractivity contribution >= 4 is 5.91 Å². The van der Waals surface area contributed by atoms with Crippen LogP contribution in [0.1, 0.15) is 42.6 Å². The number of nitrogens with zero attached hydrogens (tertiary/aromatic N) is 3. The summed E-state index contributed by atoms with van der Waals surface area (Å²) < 4.78 is 0. The number of hydrogen-bond donors (Lipinski definition) is 1. The molecule has 138 valence electrons. The molecular formula is C21H28N4O. The molecular weight excluding hydrogens is 324 g/mol. The van der Waals surface area contributed by atoms with E-state index in [2.05, 4.69) is 64.2 Å². The van der Waals surface area contributed by atoms with Gasteiger partial charge in [0.05, 0.1) is 11.8 Å². The normalized spacial score (nSPS) is 23.6. The van der Waals surface area contributed by atoms with Crippen LogP contribution in [0.15, 0.2) is 42.7 Å². The molecule has 0 aliphatic carbocycles. The second-order valence-corrected chi connectivity index (χ2v) is 8.45. The van der Waals surface area contributed by atoms with E-state index in [-0.39, 0.29) is 11.3 Å². The van der Waals surface area contributed by atoms with Gasteiger partial charge >= 0.3 is 0 Å². The van der Waals surface area contributed by atoms with E-state index in [1.54, 1.807) is 12.4 Å². The molecule has 3 heterocycles. The Bertz CT molecular complexity index is 733. The van der Waals surface area contributed by atoms with Gasteiger partial charge in [-0.05, 0) is 37.4 Å². The summed E-state index contributed by atoms with van der Waals surface area (Å²) in [6, 6.07) is 11.0. The van der Waals surface area contributed by atoms with Crippen molar-refractivity contribution in [2.75, 3.05) is 19.6 Å². The molecule has 2 aliphatic heterocycles. The molecule has 2 fully saturated rings. The van der Waals surface area contributed by atoms with Crippen molar-refractivity contribution in [2.45, 2.75) is 39.3 Å². The number of amides is 1. The van der Waals surface area contributed by atoms with E-state index in [0.29, 0.717) is 17.5 Å². The first-order chi connectivity index (χ1) is 12.5. The maximum absolute atomic E-state index is 12.8. The van der Waals surface area contributed by atoms with Crippen molar-refractivity contribution in [1.29, 1.82) is 0 Å². The van der Waals surface area contributed by atoms with Gasteiger partial charge in [0.1, 0.15) is 0 Å². The summed E-state index contributed by atoms with van der Waals surface area (Å²) in [7, 11) is 0. The highest BCUT2D eigenvalue weighted by Gasteiger charge is 2.52. The number of hydrogen-bond acceptors (Lipinski definition) is 3. The molecule has 26 heavy (non-hydrogen) atoms. The average Bonchev–Trinajstić information content (AvgIpc) is 3.17. The molecule has 1 aromatic carbocycles. The third-order valence-corrected chi connectivity index (χ3v) is 6.05. The molecule has 5 nitrogen and oxygen atoms in total. The molecule has 1 N–H and O–H groups in total. The monoisotopic (exact) mass is 352 g/mol. The molecule has 0 bridgehead atoms. The molecule has 5 heteroatoms. The van der Waals surface area contributed by atoms with E-state index in [1.165, 1.54) is 5.56 Å². The first-order valence-corrected chi connectivity index (χ1v) is 9.60. The minimum absolute atomic E-state index is 0.120. The van der Waals surface area contributed by atoms with Crippen molar-refractivity contribution in [3.8, 4) is 0 Å². The maximum Gasteiger partial charge on any atom is 0.257 e. The highest BCUT2D eigenvalue weighted by atomic mass is 16.2. The van der Waals surface area contributed by atoms with Crippen molar-refractivity contribution in [2.24, 2.45) is 11.3 Å². The van der Waals surface area contributed by atoms with Crippen LogP contribution in [0.3, 0.4) is 0 Å². The van der Waals surface area contributed by atoms with Gasteiger partial charge in [0.25, 0.3) is 5.91 Å². The number of aromatic amines is 1. The van der Waals surface area contributed by atoms with Crippen molar-refractivity contribution in [1.82, 2.24) is 20.0 Å². The van der Waals surface area contributed by atoms with Crippen LogP contribution in [0.2, 0.25) is 0 Å². The van der Waals surface area contributed by atoms with E-state index in [0.717, 1.165) is 39.0 Å². The molecule has 2 aliphatic rings. The van der Waals surface area contributed by atoms with Crippen LogP contribution in [0.25, 0.3) is 0 Å². The maximum atomic E-state index is 12.8. The number of H-pyrrole nitrogens is 1. The van der Waals surface area contributed by atoms with Gasteiger partial charge in [0, 0.05) is 30.7 Å². The van der Waals surface area contributed by atoms with E-state index >= 15 is 0 Å². The predicted molar refractivity (Wildman–Crippen MR) is 102 cm³/mol. The number of piperidine rings is 1. The van der Waals surface area contributed by atoms with Crippen molar-refractivity contribution < 1.29 is 4.79 Å². The van der Waals surface area contributed by atoms with Crippen LogP contribution in [0.4, 0.5) is 0 Å². The Morgan fingerprint density at radius 2 is 1.96 bits per heavy atom. The number of carbonyl (C=O) groups is 1. The zero-order valence-electron chi connectivity index (χ0n) is 15.7. The van der Waals surface area contributed by atoms with Crippen LogP contribution < -0.4 is 0 Å². The average molecular weight is 352 g/mol. The Labute approximate surface area is 155 Å². The molecule has 1 amide bonds. The summed E-state index contributed by atoms with van der Waals surface area (Å²) in [5.41, 5.74) is 2.25. The Balaban J connectivity index is 1.38. The number of rotatable bonds is 4. The van der Waals surface area contributed by atoms with Gasteiger partial charge < -0.3 is 4.90 Å². The molecule has 0 saturated carbocycles. The summed E-state index contributed by atoms with van der Waals surface area (Å²) in [5, 5.41) is 6.68. The predicted octanol–water partition coefficient (Wildman–Crippen LogP) is 3.17. The van der Waals surface area contributed by atoms with E-state index in [4.69, 9.17) is 0 Å². The lowest BCUT2D eigenvalue weighted by Gasteiger charge is -2.58. The number of benzene rings is 1. The third-order valence-electron chi connectivity index (χ3n) is 6.05. The Morgan fingerprint density at radius 1 is 1.23 bits per heavy atom. The standard InChI is InChI=1S/C21H28N4O/c1-21(2)15-25(20(26)18-12-22-23-13-18)19(21)17-8-10-24(11-9-17)14-16-6-4-3-5-7-16/h3-7,12-13,17,19H,8-11,14-15H2,1-2H3,(H,22,23). The number of aromatic nitrogens is 2. The molecule has 0 radical (unpaired) electrons. The lowest BCUT2D eigenvalue weighted by Crippen LogP contribution is -2.67. The quantitative estimate of drug-likeness (QED) is 0.919. The minimum Gasteiger partial charge on any atom is -0.334 e. The van der Waals surface area contributed by atoms with Gasteiger partial charge in [-0.25, -0.2) is 0 Å². The van der Waals surface area contributed by atoms with Crippen LogP contribution in [-0.2, 0) is 6.54 Å². The summed E-state index contributed by atoms with van der Waals surface area (Å²) in [6.07, 6.45) is 5.66. The summed E-state index contributed by atoms with van der Waals surface area (Å²) >= 11 is 0. The van der Waals surface area contributed by atoms with E-state index < -0.39 is 0 Å². The van der Waals surface area contributed by atoms with E-state index in [1.807, 2.05) is 0 Å². The van der Waals surface area contributed by atoms with Crippen LogP contribution in [0, 0.1) is 11.3 Å². The van der Waals surface area contributed by atoms with Crippen LogP contribution >= 0.6 is 0 Å². The lowest BCUT2D eigenvalue weighted by atomic mass is 9.66. The summed E-state index contributed by atoms with van der Waals surface area (Å²) in [6.45, 7) is 8.69. The molecule has 4 rings (SSSR count). The summed E-state index contributed by atoms with van der Waals surface area (Å²) in [4.78, 5) is 17.4. The topological polar surface area (TPSA) is 52.2 Å². The Hall–Kier alpha value is -2.14. The van der Waals surface area contributed by atoms with Gasteiger partial charge in [-0.1, -0.05) is 44.2 Å². The van der Waals surface area contributed by atoms with Gasteiger partial charge in [0.2, 0.25) is 0 Å². The van der Waals surface area contributed by atoms with Crippen LogP contribution in [0.5, 0.6) is 0 Å². The fourth-order valence-electron chi connectivity index (χ4n) is 4.83. The molecule has 2 saturated heterocycles. The molecule has 1 unspecified atom stereocenters. The Morgan fingerprint density at radius 3 is 2.58 bits per heavy atom. The second-order valence-electron chi connectivity index (χ2n) is 8.45. The second kappa shape index (κ2) is 6.88. The molecule has 1 atom stereocenters. The van der Waals surface area contributed by atoms with Crippen LogP contribution in [-0.4, -0.2) is 51.6 Å². The lowest BCUT2D eigenvalue weighted by molar-refractivity contribution is -0.0714. The third kappa shape index (κ3) is 3.28. The van der Waals surface area contributed by atoms with E-state index in [9.17, 15) is 4.79 Å². The molecule has 1 aromatic heterocycles. The first kappa shape index (κ1) is 17.3. The highest BCUT2D eigenvalue weighted by molar-refractivity contribution is 5.94. The zero-order chi connectivity index (χ0) is 18.1.